The van der Waals surface area contributed by atoms with Gasteiger partial charge in [-0.25, -0.2) is 0 Å². The molecule has 2 unspecified atom stereocenters. The lowest BCUT2D eigenvalue weighted by atomic mass is 10.0. The Morgan fingerprint density at radius 1 is 1.19 bits per heavy atom. The predicted octanol–water partition coefficient (Wildman–Crippen LogP) is 4.37. The van der Waals surface area contributed by atoms with Gasteiger partial charge in [0.25, 0.3) is 5.91 Å². The third-order valence-corrected chi connectivity index (χ3v) is 6.41. The van der Waals surface area contributed by atoms with Crippen LogP contribution in [0, 0.1) is 0 Å². The molecule has 0 radical (unpaired) electrons. The van der Waals surface area contributed by atoms with Crippen molar-refractivity contribution in [2.24, 2.45) is 0 Å². The predicted molar refractivity (Wildman–Crippen MR) is 122 cm³/mol. The van der Waals surface area contributed by atoms with E-state index in [1.807, 2.05) is 24.3 Å². The third-order valence-electron chi connectivity index (χ3n) is 4.92. The van der Waals surface area contributed by atoms with Crippen LogP contribution in [-0.2, 0) is 19.1 Å². The Kier molecular flexibility index (Phi) is 7.98. The summed E-state index contributed by atoms with van der Waals surface area (Å²) in [7, 11) is 0. The van der Waals surface area contributed by atoms with E-state index in [-0.39, 0.29) is 24.8 Å². The second-order valence-electron chi connectivity index (χ2n) is 7.40. The molecule has 0 aromatic heterocycles. The van der Waals surface area contributed by atoms with E-state index in [9.17, 15) is 14.4 Å². The fourth-order valence-corrected chi connectivity index (χ4v) is 4.62. The summed E-state index contributed by atoms with van der Waals surface area (Å²) in [5.41, 5.74) is 1.57. The molecule has 8 heteroatoms. The largest absolute Gasteiger partial charge is 0.455 e. The average Bonchev–Trinajstić information content (AvgIpc) is 2.90. The molecule has 6 nitrogen and oxygen atoms in total. The van der Waals surface area contributed by atoms with Crippen LogP contribution >= 0.6 is 23.4 Å². The van der Waals surface area contributed by atoms with E-state index in [1.54, 1.807) is 40.9 Å². The number of ether oxygens (including phenoxy) is 1. The number of fused-ring (bicyclic) bond motifs is 1. The Bertz CT molecular complexity index is 951. The lowest BCUT2D eigenvalue weighted by Crippen LogP contribution is -2.36. The molecule has 31 heavy (non-hydrogen) atoms. The van der Waals surface area contributed by atoms with Gasteiger partial charge < -0.3 is 15.0 Å². The van der Waals surface area contributed by atoms with Gasteiger partial charge in [-0.2, -0.15) is 0 Å². The average molecular weight is 461 g/mol. The van der Waals surface area contributed by atoms with Crippen LogP contribution < -0.4 is 10.2 Å². The molecule has 0 saturated carbocycles. The van der Waals surface area contributed by atoms with Gasteiger partial charge in [0.05, 0.1) is 18.2 Å². The van der Waals surface area contributed by atoms with Gasteiger partial charge in [-0.15, -0.1) is 11.8 Å². The number of hydrogen-bond acceptors (Lipinski definition) is 5. The smallest absolute Gasteiger partial charge is 0.308 e. The van der Waals surface area contributed by atoms with Gasteiger partial charge in [-0.05, 0) is 36.2 Å². The van der Waals surface area contributed by atoms with E-state index in [0.717, 1.165) is 22.6 Å². The zero-order chi connectivity index (χ0) is 22.4. The van der Waals surface area contributed by atoms with Gasteiger partial charge >= 0.3 is 5.97 Å². The number of hydrogen-bond donors (Lipinski definition) is 1. The number of benzene rings is 2. The quantitative estimate of drug-likeness (QED) is 0.648. The second-order valence-corrected chi connectivity index (χ2v) is 9.32. The molecule has 0 fully saturated rings. The number of halogens is 1. The number of nitrogens with one attached hydrogen (secondary N) is 1. The molecule has 1 aliphatic heterocycles. The second kappa shape index (κ2) is 10.7. The molecule has 0 bridgehead atoms. The van der Waals surface area contributed by atoms with E-state index >= 15 is 0 Å². The Balaban J connectivity index is 1.63. The molecule has 0 aliphatic carbocycles. The Hall–Kier alpha value is -2.51. The van der Waals surface area contributed by atoms with Crippen LogP contribution in [0.4, 0.5) is 5.69 Å². The molecule has 2 aromatic rings. The van der Waals surface area contributed by atoms with Crippen molar-refractivity contribution < 1.29 is 19.1 Å². The standard InChI is InChI=1S/C23H25ClN2O4S/c1-15-11-12-26(20-5-3-4-6-21(20)31-15)22(28)14-30-23(29)13-19(25-16(2)27)17-7-9-18(24)10-8-17/h3-10,15,19H,11-14H2,1-2H3,(H,25,27). The molecule has 0 spiro atoms. The monoisotopic (exact) mass is 460 g/mol. The zero-order valence-corrected chi connectivity index (χ0v) is 19.0. The molecule has 164 valence electrons. The molecule has 1 heterocycles. The number of nitrogens with zero attached hydrogens (tertiary/aromatic N) is 1. The first-order valence-electron chi connectivity index (χ1n) is 10.1. The van der Waals surface area contributed by atoms with Crippen LogP contribution in [0.5, 0.6) is 0 Å². The molecule has 2 aromatic carbocycles. The summed E-state index contributed by atoms with van der Waals surface area (Å²) >= 11 is 7.66. The summed E-state index contributed by atoms with van der Waals surface area (Å²) in [6.07, 6.45) is 0.762. The first-order chi connectivity index (χ1) is 14.8. The van der Waals surface area contributed by atoms with Gasteiger partial charge in [0.15, 0.2) is 6.61 Å². The highest BCUT2D eigenvalue weighted by atomic mass is 35.5. The number of rotatable bonds is 6. The van der Waals surface area contributed by atoms with Crippen molar-refractivity contribution in [1.29, 1.82) is 0 Å². The number of thioether (sulfide) groups is 1. The highest BCUT2D eigenvalue weighted by Crippen LogP contribution is 2.37. The first-order valence-corrected chi connectivity index (χ1v) is 11.3. The van der Waals surface area contributed by atoms with Crippen LogP contribution in [0.15, 0.2) is 53.4 Å². The third kappa shape index (κ3) is 6.48. The van der Waals surface area contributed by atoms with Crippen molar-refractivity contribution in [3.8, 4) is 0 Å². The summed E-state index contributed by atoms with van der Waals surface area (Å²) in [4.78, 5) is 39.6. The molecular weight excluding hydrogens is 436 g/mol. The number of para-hydroxylation sites is 1. The molecule has 2 amide bonds. The lowest BCUT2D eigenvalue weighted by molar-refractivity contribution is -0.148. The number of carbonyl (C=O) groups is 3. The van der Waals surface area contributed by atoms with Gasteiger partial charge in [-0.1, -0.05) is 42.8 Å². The maximum atomic E-state index is 12.9. The summed E-state index contributed by atoms with van der Waals surface area (Å²) in [6.45, 7) is 3.74. The number of carbonyl (C=O) groups excluding carboxylic acids is 3. The maximum Gasteiger partial charge on any atom is 0.308 e. The summed E-state index contributed by atoms with van der Waals surface area (Å²) in [5, 5.41) is 3.69. The minimum absolute atomic E-state index is 0.0854. The molecule has 1 N–H and O–H groups in total. The minimum Gasteiger partial charge on any atom is -0.455 e. The van der Waals surface area contributed by atoms with Crippen molar-refractivity contribution in [3.63, 3.8) is 0 Å². The van der Waals surface area contributed by atoms with E-state index in [4.69, 9.17) is 16.3 Å². The van der Waals surface area contributed by atoms with Gasteiger partial charge in [0.1, 0.15) is 0 Å². The van der Waals surface area contributed by atoms with Crippen LogP contribution in [0.2, 0.25) is 5.02 Å². The maximum absolute atomic E-state index is 12.9. The summed E-state index contributed by atoms with van der Waals surface area (Å²) in [6, 6.07) is 14.1. The van der Waals surface area contributed by atoms with Gasteiger partial charge in [0, 0.05) is 28.6 Å². The van der Waals surface area contributed by atoms with Crippen molar-refractivity contribution in [2.75, 3.05) is 18.1 Å². The molecule has 2 atom stereocenters. The summed E-state index contributed by atoms with van der Waals surface area (Å²) < 4.78 is 5.28. The van der Waals surface area contributed by atoms with E-state index < -0.39 is 12.0 Å². The SMILES string of the molecule is CC(=O)NC(CC(=O)OCC(=O)N1CCC(C)Sc2ccccc21)c1ccc(Cl)cc1. The molecular formula is C23H25ClN2O4S. The highest BCUT2D eigenvalue weighted by molar-refractivity contribution is 8.00. The normalized spacial score (nSPS) is 16.6. The fraction of sp³-hybridized carbons (Fsp3) is 0.348. The van der Waals surface area contributed by atoms with Gasteiger partial charge in [-0.3, -0.25) is 14.4 Å². The van der Waals surface area contributed by atoms with Crippen molar-refractivity contribution in [1.82, 2.24) is 5.32 Å². The van der Waals surface area contributed by atoms with Crippen molar-refractivity contribution >= 4 is 46.8 Å². The van der Waals surface area contributed by atoms with E-state index in [0.29, 0.717) is 16.8 Å². The lowest BCUT2D eigenvalue weighted by Gasteiger charge is -2.23. The number of esters is 1. The molecule has 0 saturated heterocycles. The first kappa shape index (κ1) is 23.2. The minimum atomic E-state index is -0.562. The van der Waals surface area contributed by atoms with Crippen LogP contribution in [0.3, 0.4) is 0 Å². The Labute approximate surface area is 191 Å². The zero-order valence-electron chi connectivity index (χ0n) is 17.5. The molecule has 1 aliphatic rings. The molecule has 3 rings (SSSR count). The van der Waals surface area contributed by atoms with E-state index in [1.165, 1.54) is 6.92 Å². The van der Waals surface area contributed by atoms with Crippen molar-refractivity contribution in [3.05, 3.63) is 59.1 Å². The van der Waals surface area contributed by atoms with Gasteiger partial charge in [0.2, 0.25) is 5.91 Å². The topological polar surface area (TPSA) is 75.7 Å². The van der Waals surface area contributed by atoms with Crippen molar-refractivity contribution in [2.45, 2.75) is 42.9 Å². The number of amides is 2. The van der Waals surface area contributed by atoms with Crippen LogP contribution in [-0.4, -0.2) is 36.2 Å². The fourth-order valence-electron chi connectivity index (χ4n) is 3.38. The van der Waals surface area contributed by atoms with Crippen LogP contribution in [0.1, 0.15) is 38.3 Å². The van der Waals surface area contributed by atoms with Crippen LogP contribution in [0.25, 0.3) is 0 Å². The van der Waals surface area contributed by atoms with E-state index in [2.05, 4.69) is 12.2 Å². The Morgan fingerprint density at radius 3 is 2.61 bits per heavy atom. The highest BCUT2D eigenvalue weighted by Gasteiger charge is 2.25. The Morgan fingerprint density at radius 2 is 1.90 bits per heavy atom. The summed E-state index contributed by atoms with van der Waals surface area (Å²) in [5.74, 6) is -1.09. The number of anilines is 1.